The Bertz CT molecular complexity index is 1180. The number of aromatic nitrogens is 4. The standard InChI is InChI=1S/C23H26F3N7O/c1-32-13-15(12-29-32)19-5-2-14-11-28-21(10-20(14)30-19)31-22(34)33-17-3-4-18(33)9-16(8-17)27-7-6-23(24,25)26/h2,5,10-13,16-18,27H,3-4,6-9H2,1H3,(H,28,31,34)/t16?,17-,18+. The molecule has 34 heavy (non-hydrogen) atoms. The van der Waals surface area contributed by atoms with Gasteiger partial charge in [0.15, 0.2) is 0 Å². The van der Waals surface area contributed by atoms with E-state index in [1.807, 2.05) is 30.3 Å². The van der Waals surface area contributed by atoms with Crippen molar-refractivity contribution in [3.8, 4) is 11.3 Å². The van der Waals surface area contributed by atoms with Gasteiger partial charge in [-0.05, 0) is 37.8 Å². The highest BCUT2D eigenvalue weighted by Crippen LogP contribution is 2.36. The second-order valence-electron chi connectivity index (χ2n) is 9.07. The van der Waals surface area contributed by atoms with Gasteiger partial charge in [-0.15, -0.1) is 0 Å². The molecule has 0 radical (unpaired) electrons. The van der Waals surface area contributed by atoms with Crippen LogP contribution in [0, 0.1) is 0 Å². The molecule has 5 heterocycles. The van der Waals surface area contributed by atoms with Crippen LogP contribution in [0.4, 0.5) is 23.8 Å². The van der Waals surface area contributed by atoms with E-state index in [-0.39, 0.29) is 30.7 Å². The smallest absolute Gasteiger partial charge is 0.318 e. The van der Waals surface area contributed by atoms with Crippen LogP contribution in [0.3, 0.4) is 0 Å². The molecule has 3 atom stereocenters. The lowest BCUT2D eigenvalue weighted by molar-refractivity contribution is -0.133. The van der Waals surface area contributed by atoms with Crippen molar-refractivity contribution in [3.63, 3.8) is 0 Å². The summed E-state index contributed by atoms with van der Waals surface area (Å²) in [5.74, 6) is 0.415. The van der Waals surface area contributed by atoms with E-state index in [2.05, 4.69) is 20.7 Å². The van der Waals surface area contributed by atoms with Crippen LogP contribution in [-0.4, -0.2) is 61.5 Å². The molecular weight excluding hydrogens is 447 g/mol. The molecule has 2 bridgehead atoms. The normalized spacial score (nSPS) is 22.4. The number of anilines is 1. The minimum atomic E-state index is -4.16. The van der Waals surface area contributed by atoms with E-state index in [9.17, 15) is 18.0 Å². The molecule has 2 aliphatic heterocycles. The zero-order valence-corrected chi connectivity index (χ0v) is 18.7. The van der Waals surface area contributed by atoms with Crippen molar-refractivity contribution in [1.82, 2.24) is 30.0 Å². The summed E-state index contributed by atoms with van der Waals surface area (Å²) in [5, 5.41) is 11.0. The van der Waals surface area contributed by atoms with E-state index in [0.717, 1.165) is 29.5 Å². The van der Waals surface area contributed by atoms with Crippen LogP contribution in [0.25, 0.3) is 22.2 Å². The van der Waals surface area contributed by atoms with Crippen molar-refractivity contribution in [3.05, 3.63) is 36.8 Å². The molecule has 3 aromatic heterocycles. The van der Waals surface area contributed by atoms with Crippen LogP contribution < -0.4 is 10.6 Å². The zero-order valence-electron chi connectivity index (χ0n) is 18.7. The number of urea groups is 1. The maximum atomic E-state index is 13.1. The topological polar surface area (TPSA) is 88.0 Å². The molecule has 2 N–H and O–H groups in total. The fourth-order valence-electron chi connectivity index (χ4n) is 5.07. The Balaban J connectivity index is 1.25. The first kappa shape index (κ1) is 22.6. The van der Waals surface area contributed by atoms with E-state index in [1.165, 1.54) is 0 Å². The number of pyridine rings is 2. The number of halogens is 3. The first-order chi connectivity index (χ1) is 16.2. The van der Waals surface area contributed by atoms with Gasteiger partial charge in [0.25, 0.3) is 0 Å². The van der Waals surface area contributed by atoms with Crippen LogP contribution in [0.15, 0.2) is 36.8 Å². The molecule has 0 saturated carbocycles. The molecule has 5 rings (SSSR count). The maximum absolute atomic E-state index is 13.1. The number of amides is 2. The van der Waals surface area contributed by atoms with Gasteiger partial charge in [0, 0.05) is 61.1 Å². The highest BCUT2D eigenvalue weighted by Gasteiger charge is 2.43. The van der Waals surface area contributed by atoms with Gasteiger partial charge in [0.05, 0.1) is 23.8 Å². The van der Waals surface area contributed by atoms with Gasteiger partial charge >= 0.3 is 12.2 Å². The average Bonchev–Trinajstić information content (AvgIpc) is 3.33. The van der Waals surface area contributed by atoms with E-state index in [4.69, 9.17) is 4.98 Å². The SMILES string of the molecule is Cn1cc(-c2ccc3cnc(NC(=O)N4[C@@H]5CC[C@H]4CC(NCCC(F)(F)F)C5)cc3n2)cn1. The van der Waals surface area contributed by atoms with Crippen molar-refractivity contribution in [2.24, 2.45) is 7.05 Å². The lowest BCUT2D eigenvalue weighted by Gasteiger charge is -2.39. The van der Waals surface area contributed by atoms with Crippen molar-refractivity contribution >= 4 is 22.8 Å². The van der Waals surface area contributed by atoms with E-state index in [0.29, 0.717) is 24.2 Å². The van der Waals surface area contributed by atoms with Crippen molar-refractivity contribution in [1.29, 1.82) is 0 Å². The van der Waals surface area contributed by atoms with Gasteiger partial charge in [0.1, 0.15) is 5.82 Å². The molecule has 2 amide bonds. The Morgan fingerprint density at radius 3 is 2.62 bits per heavy atom. The Morgan fingerprint density at radius 2 is 1.94 bits per heavy atom. The number of carbonyl (C=O) groups is 1. The Hall–Kier alpha value is -3.21. The fourth-order valence-corrected chi connectivity index (χ4v) is 5.07. The molecule has 2 saturated heterocycles. The number of rotatable bonds is 5. The quantitative estimate of drug-likeness (QED) is 0.583. The summed E-state index contributed by atoms with van der Waals surface area (Å²) in [6, 6.07) is 5.38. The van der Waals surface area contributed by atoms with Crippen molar-refractivity contribution in [2.75, 3.05) is 11.9 Å². The minimum absolute atomic E-state index is 0.00205. The first-order valence-corrected chi connectivity index (χ1v) is 11.4. The molecule has 0 aromatic carbocycles. The summed E-state index contributed by atoms with van der Waals surface area (Å²) in [4.78, 5) is 24.0. The third kappa shape index (κ3) is 4.84. The summed E-state index contributed by atoms with van der Waals surface area (Å²) < 4.78 is 39.0. The number of alkyl halides is 3. The van der Waals surface area contributed by atoms with Crippen LogP contribution in [0.1, 0.15) is 32.1 Å². The molecule has 8 nitrogen and oxygen atoms in total. The van der Waals surface area contributed by atoms with Crippen LogP contribution in [0.2, 0.25) is 0 Å². The third-order valence-electron chi connectivity index (χ3n) is 6.62. The van der Waals surface area contributed by atoms with Gasteiger partial charge < -0.3 is 10.2 Å². The summed E-state index contributed by atoms with van der Waals surface area (Å²) >= 11 is 0. The summed E-state index contributed by atoms with van der Waals surface area (Å²) in [5.41, 5.74) is 2.39. The summed E-state index contributed by atoms with van der Waals surface area (Å²) in [7, 11) is 1.84. The number of nitrogens with one attached hydrogen (secondary N) is 2. The highest BCUT2D eigenvalue weighted by atomic mass is 19.4. The van der Waals surface area contributed by atoms with Crippen LogP contribution >= 0.6 is 0 Å². The van der Waals surface area contributed by atoms with Gasteiger partial charge in [-0.3, -0.25) is 10.00 Å². The van der Waals surface area contributed by atoms with Gasteiger partial charge in [0.2, 0.25) is 0 Å². The monoisotopic (exact) mass is 473 g/mol. The maximum Gasteiger partial charge on any atom is 0.390 e. The Labute approximate surface area is 194 Å². The first-order valence-electron chi connectivity index (χ1n) is 11.4. The summed E-state index contributed by atoms with van der Waals surface area (Å²) in [6.07, 6.45) is 3.33. The Morgan fingerprint density at radius 1 is 1.18 bits per heavy atom. The average molecular weight is 474 g/mol. The highest BCUT2D eigenvalue weighted by molar-refractivity contribution is 5.91. The second-order valence-corrected chi connectivity index (χ2v) is 9.07. The number of fused-ring (bicyclic) bond motifs is 3. The molecule has 3 aromatic rings. The lowest BCUT2D eigenvalue weighted by Crippen LogP contribution is -2.53. The van der Waals surface area contributed by atoms with Gasteiger partial charge in [-0.2, -0.15) is 18.3 Å². The second kappa shape index (κ2) is 8.86. The van der Waals surface area contributed by atoms with Crippen LogP contribution in [-0.2, 0) is 7.05 Å². The number of carbonyl (C=O) groups excluding carboxylic acids is 1. The molecule has 2 fully saturated rings. The predicted octanol–water partition coefficient (Wildman–Crippen LogP) is 4.10. The Kier molecular flexibility index (Phi) is 5.88. The van der Waals surface area contributed by atoms with Crippen molar-refractivity contribution in [2.45, 2.75) is 56.4 Å². The van der Waals surface area contributed by atoms with E-state index >= 15 is 0 Å². The molecule has 1 unspecified atom stereocenters. The molecule has 0 aliphatic carbocycles. The van der Waals surface area contributed by atoms with Crippen molar-refractivity contribution < 1.29 is 18.0 Å². The number of hydrogen-bond acceptors (Lipinski definition) is 5. The third-order valence-corrected chi connectivity index (χ3v) is 6.62. The molecule has 0 spiro atoms. The van der Waals surface area contributed by atoms with Gasteiger partial charge in [-0.25, -0.2) is 14.8 Å². The molecular formula is C23H26F3N7O. The van der Waals surface area contributed by atoms with Gasteiger partial charge in [-0.1, -0.05) is 0 Å². The summed E-state index contributed by atoms with van der Waals surface area (Å²) in [6.45, 7) is -0.0884. The number of piperidine rings is 1. The largest absolute Gasteiger partial charge is 0.390 e. The van der Waals surface area contributed by atoms with Crippen LogP contribution in [0.5, 0.6) is 0 Å². The van der Waals surface area contributed by atoms with E-state index < -0.39 is 12.6 Å². The number of aryl methyl sites for hydroxylation is 1. The molecule has 11 heteroatoms. The predicted molar refractivity (Wildman–Crippen MR) is 121 cm³/mol. The fraction of sp³-hybridized carbons (Fsp3) is 0.478. The zero-order chi connectivity index (χ0) is 23.9. The molecule has 180 valence electrons. The molecule has 2 aliphatic rings. The van der Waals surface area contributed by atoms with E-state index in [1.54, 1.807) is 23.1 Å². The minimum Gasteiger partial charge on any atom is -0.318 e. The number of nitrogens with zero attached hydrogens (tertiary/aromatic N) is 5. The lowest BCUT2D eigenvalue weighted by atomic mass is 9.97. The number of hydrogen-bond donors (Lipinski definition) is 2.